The molecule has 0 aliphatic heterocycles. The average Bonchev–Trinajstić information content (AvgIpc) is 2.73. The zero-order chi connectivity index (χ0) is 15.6. The Bertz CT molecular complexity index is 439. The van der Waals surface area contributed by atoms with Crippen LogP contribution in [0.4, 0.5) is 0 Å². The number of hydrogen-bond donors (Lipinski definition) is 0. The highest BCUT2D eigenvalue weighted by Crippen LogP contribution is 2.56. The number of rotatable bonds is 5. The molecule has 0 bridgehead atoms. The Morgan fingerprint density at radius 1 is 0.952 bits per heavy atom. The van der Waals surface area contributed by atoms with Crippen LogP contribution in [-0.2, 0) is 5.41 Å². The monoisotopic (exact) mass is 286 g/mol. The van der Waals surface area contributed by atoms with Gasteiger partial charge in [0.1, 0.15) is 0 Å². The number of benzene rings is 1. The van der Waals surface area contributed by atoms with Crippen LogP contribution in [0.3, 0.4) is 0 Å². The summed E-state index contributed by atoms with van der Waals surface area (Å²) >= 11 is 0. The second-order valence-corrected chi connectivity index (χ2v) is 8.88. The van der Waals surface area contributed by atoms with Crippen molar-refractivity contribution in [1.29, 1.82) is 0 Å². The van der Waals surface area contributed by atoms with Crippen LogP contribution < -0.4 is 0 Å². The van der Waals surface area contributed by atoms with E-state index >= 15 is 0 Å². The summed E-state index contributed by atoms with van der Waals surface area (Å²) in [7, 11) is 0. The lowest BCUT2D eigenvalue weighted by atomic mass is 9.62. The molecule has 0 radical (unpaired) electrons. The number of unbranched alkanes of at least 4 members (excludes halogenated alkanes) is 1. The first kappa shape index (κ1) is 16.6. The highest BCUT2D eigenvalue weighted by Gasteiger charge is 2.48. The topological polar surface area (TPSA) is 0 Å². The van der Waals surface area contributed by atoms with Crippen molar-refractivity contribution in [2.75, 3.05) is 0 Å². The van der Waals surface area contributed by atoms with Crippen LogP contribution in [0.15, 0.2) is 30.3 Å². The van der Waals surface area contributed by atoms with E-state index in [0.29, 0.717) is 16.2 Å². The average molecular weight is 287 g/mol. The molecule has 0 unspecified atom stereocenters. The Balaban J connectivity index is 2.03. The summed E-state index contributed by atoms with van der Waals surface area (Å²) in [6, 6.07) is 11.2. The van der Waals surface area contributed by atoms with Crippen LogP contribution in [0.1, 0.15) is 85.1 Å². The molecule has 0 heterocycles. The van der Waals surface area contributed by atoms with E-state index in [4.69, 9.17) is 0 Å². The highest BCUT2D eigenvalue weighted by molar-refractivity contribution is 5.29. The molecule has 0 saturated heterocycles. The van der Waals surface area contributed by atoms with Crippen molar-refractivity contribution < 1.29 is 0 Å². The molecule has 2 atom stereocenters. The fourth-order valence-corrected chi connectivity index (χ4v) is 4.28. The molecule has 1 saturated carbocycles. The van der Waals surface area contributed by atoms with Gasteiger partial charge in [0.05, 0.1) is 0 Å². The molecule has 1 aromatic carbocycles. The van der Waals surface area contributed by atoms with E-state index in [1.807, 2.05) is 0 Å². The van der Waals surface area contributed by atoms with Crippen molar-refractivity contribution in [3.05, 3.63) is 35.9 Å². The third-order valence-corrected chi connectivity index (χ3v) is 6.05. The normalized spacial score (nSPS) is 29.8. The summed E-state index contributed by atoms with van der Waals surface area (Å²) in [5.74, 6) is 0. The summed E-state index contributed by atoms with van der Waals surface area (Å²) in [5.41, 5.74) is 2.89. The summed E-state index contributed by atoms with van der Waals surface area (Å²) < 4.78 is 0. The van der Waals surface area contributed by atoms with Gasteiger partial charge in [-0.05, 0) is 47.5 Å². The van der Waals surface area contributed by atoms with Gasteiger partial charge in [-0.3, -0.25) is 0 Å². The van der Waals surface area contributed by atoms with Crippen LogP contribution in [0.2, 0.25) is 0 Å². The lowest BCUT2D eigenvalue weighted by Crippen LogP contribution is -2.36. The molecule has 0 amide bonds. The van der Waals surface area contributed by atoms with Crippen LogP contribution >= 0.6 is 0 Å². The van der Waals surface area contributed by atoms with Crippen molar-refractivity contribution in [1.82, 2.24) is 0 Å². The quantitative estimate of drug-likeness (QED) is 0.526. The molecule has 0 aromatic heterocycles. The lowest BCUT2D eigenvalue weighted by molar-refractivity contribution is 0.170. The summed E-state index contributed by atoms with van der Waals surface area (Å²) in [6.07, 6.45) is 9.64. The first-order valence-corrected chi connectivity index (χ1v) is 8.82. The third kappa shape index (κ3) is 3.71. The Hall–Kier alpha value is -0.780. The largest absolute Gasteiger partial charge is 0.0622 e. The maximum absolute atomic E-state index is 2.55. The minimum Gasteiger partial charge on any atom is -0.0622 e. The predicted octanol–water partition coefficient (Wildman–Crippen LogP) is 6.74. The maximum atomic E-state index is 2.55. The van der Waals surface area contributed by atoms with E-state index in [9.17, 15) is 0 Å². The van der Waals surface area contributed by atoms with E-state index in [1.165, 1.54) is 44.9 Å². The van der Waals surface area contributed by atoms with Gasteiger partial charge in [0.2, 0.25) is 0 Å². The zero-order valence-electron chi connectivity index (χ0n) is 14.8. The SMILES string of the molecule is CC(C)(C)CCCC[C@]1(C)CCC[C@]1(C)c1ccccc1. The van der Waals surface area contributed by atoms with Crippen molar-refractivity contribution in [3.8, 4) is 0 Å². The molecule has 2 rings (SSSR count). The molecule has 1 aliphatic rings. The smallest absolute Gasteiger partial charge is 0.00215 e. The molecule has 0 spiro atoms. The Morgan fingerprint density at radius 3 is 2.24 bits per heavy atom. The van der Waals surface area contributed by atoms with E-state index < -0.39 is 0 Å². The minimum absolute atomic E-state index is 0.371. The fourth-order valence-electron chi connectivity index (χ4n) is 4.28. The zero-order valence-corrected chi connectivity index (χ0v) is 14.8. The van der Waals surface area contributed by atoms with Crippen molar-refractivity contribution in [3.63, 3.8) is 0 Å². The van der Waals surface area contributed by atoms with Gasteiger partial charge in [-0.15, -0.1) is 0 Å². The van der Waals surface area contributed by atoms with Gasteiger partial charge in [-0.25, -0.2) is 0 Å². The summed E-state index contributed by atoms with van der Waals surface area (Å²) in [4.78, 5) is 0. The molecule has 0 heteroatoms. The van der Waals surface area contributed by atoms with E-state index in [1.54, 1.807) is 5.56 Å². The molecular weight excluding hydrogens is 252 g/mol. The second-order valence-electron chi connectivity index (χ2n) is 8.88. The van der Waals surface area contributed by atoms with Gasteiger partial charge < -0.3 is 0 Å². The summed E-state index contributed by atoms with van der Waals surface area (Å²) in [5, 5.41) is 0. The fraction of sp³-hybridized carbons (Fsp3) is 0.714. The van der Waals surface area contributed by atoms with Crippen LogP contribution in [0, 0.1) is 10.8 Å². The molecule has 1 aromatic rings. The summed E-state index contributed by atoms with van der Waals surface area (Å²) in [6.45, 7) is 12.1. The lowest BCUT2D eigenvalue weighted by Gasteiger charge is -2.42. The van der Waals surface area contributed by atoms with E-state index in [2.05, 4.69) is 65.0 Å². The molecule has 0 N–H and O–H groups in total. The Kier molecular flexibility index (Phi) is 4.85. The van der Waals surface area contributed by atoms with Gasteiger partial charge in [0, 0.05) is 0 Å². The first-order valence-electron chi connectivity index (χ1n) is 8.82. The van der Waals surface area contributed by atoms with Gasteiger partial charge in [0.25, 0.3) is 0 Å². The second kappa shape index (κ2) is 6.15. The van der Waals surface area contributed by atoms with Crippen molar-refractivity contribution in [2.45, 2.75) is 85.0 Å². The molecule has 1 fully saturated rings. The van der Waals surface area contributed by atoms with E-state index in [0.717, 1.165) is 0 Å². The predicted molar refractivity (Wildman–Crippen MR) is 93.7 cm³/mol. The molecule has 21 heavy (non-hydrogen) atoms. The maximum Gasteiger partial charge on any atom is -0.00215 e. The Morgan fingerprint density at radius 2 is 1.62 bits per heavy atom. The van der Waals surface area contributed by atoms with Crippen molar-refractivity contribution in [2.24, 2.45) is 10.8 Å². The molecule has 0 nitrogen and oxygen atoms in total. The molecule has 1 aliphatic carbocycles. The molecule has 118 valence electrons. The van der Waals surface area contributed by atoms with Crippen LogP contribution in [0.5, 0.6) is 0 Å². The van der Waals surface area contributed by atoms with Gasteiger partial charge in [-0.2, -0.15) is 0 Å². The molecular formula is C21H34. The van der Waals surface area contributed by atoms with Crippen molar-refractivity contribution >= 4 is 0 Å². The first-order chi connectivity index (χ1) is 9.77. The Labute approximate surface area is 132 Å². The highest BCUT2D eigenvalue weighted by atomic mass is 14.5. The van der Waals surface area contributed by atoms with E-state index in [-0.39, 0.29) is 0 Å². The van der Waals surface area contributed by atoms with Gasteiger partial charge >= 0.3 is 0 Å². The van der Waals surface area contributed by atoms with Crippen LogP contribution in [-0.4, -0.2) is 0 Å². The van der Waals surface area contributed by atoms with Gasteiger partial charge in [-0.1, -0.05) is 84.2 Å². The number of hydrogen-bond acceptors (Lipinski definition) is 0. The minimum atomic E-state index is 0.371. The van der Waals surface area contributed by atoms with Crippen LogP contribution in [0.25, 0.3) is 0 Å². The van der Waals surface area contributed by atoms with Gasteiger partial charge in [0.15, 0.2) is 0 Å². The third-order valence-electron chi connectivity index (χ3n) is 6.05. The standard InChI is InChI=1S/C21H34/c1-19(2,3)14-9-10-15-20(4)16-11-17-21(20,5)18-12-7-6-8-13-18/h6-8,12-13H,9-11,14-17H2,1-5H3/t20-,21-/m1/s1.